The average Bonchev–Trinajstić information content (AvgIpc) is 3.65. The van der Waals surface area contributed by atoms with E-state index in [9.17, 15) is 0 Å². The summed E-state index contributed by atoms with van der Waals surface area (Å²) in [6, 6.07) is 87.8. The molecule has 0 N–H and O–H groups in total. The highest BCUT2D eigenvalue weighted by atomic mass is 15.2. The largest absolute Gasteiger partial charge is 0.308 e. The summed E-state index contributed by atoms with van der Waals surface area (Å²) in [5, 5.41) is 9.39. The molecule has 7 nitrogen and oxygen atoms in total. The highest BCUT2D eigenvalue weighted by Crippen LogP contribution is 2.55. The summed E-state index contributed by atoms with van der Waals surface area (Å²) in [5.74, 6) is 0.802. The summed E-state index contributed by atoms with van der Waals surface area (Å²) in [7, 11) is 0. The van der Waals surface area contributed by atoms with E-state index in [1.165, 1.54) is 65.3 Å². The first kappa shape index (κ1) is 47.1. The van der Waals surface area contributed by atoms with Gasteiger partial charge in [0.05, 0.1) is 83.5 Å². The Bertz CT molecular complexity index is 5550. The lowest BCUT2D eigenvalue weighted by Gasteiger charge is -2.31. The zero-order valence-corrected chi connectivity index (χ0v) is 46.3. The second-order valence-corrected chi connectivity index (χ2v) is 22.5. The number of para-hydroxylation sites is 7. The van der Waals surface area contributed by atoms with Gasteiger partial charge in [0.2, 0.25) is 0 Å². The predicted molar refractivity (Wildman–Crippen MR) is 346 cm³/mol. The van der Waals surface area contributed by atoms with Crippen molar-refractivity contribution >= 4 is 98.3 Å². The lowest BCUT2D eigenvalue weighted by atomic mass is 9.92. The van der Waals surface area contributed by atoms with Gasteiger partial charge in [-0.25, -0.2) is 4.98 Å². The van der Waals surface area contributed by atoms with E-state index >= 15 is 0 Å². The van der Waals surface area contributed by atoms with Crippen molar-refractivity contribution in [3.8, 4) is 51.0 Å². The van der Waals surface area contributed by atoms with Gasteiger partial charge in [0, 0.05) is 66.7 Å². The summed E-state index contributed by atoms with van der Waals surface area (Å²) < 4.78 is 12.8. The molecule has 17 aromatic rings. The number of fused-ring (bicyclic) bond motifs is 13. The molecule has 17 rings (SSSR count). The number of aryl methyl sites for hydroxylation is 4. The molecule has 6 heterocycles. The number of rotatable bonds is 7. The van der Waals surface area contributed by atoms with E-state index in [-0.39, 0.29) is 0 Å². The summed E-state index contributed by atoms with van der Waals surface area (Å²) in [5.41, 5.74) is 23.4. The van der Waals surface area contributed by atoms with Gasteiger partial charge in [0.25, 0.3) is 0 Å². The summed E-state index contributed by atoms with van der Waals surface area (Å²) in [4.78, 5) is 10.8. The van der Waals surface area contributed by atoms with Gasteiger partial charge < -0.3 is 18.3 Å². The van der Waals surface area contributed by atoms with E-state index in [2.05, 4.69) is 287 Å². The molecule has 7 heteroatoms. The van der Waals surface area contributed by atoms with Crippen molar-refractivity contribution in [1.29, 1.82) is 0 Å². The van der Waals surface area contributed by atoms with Gasteiger partial charge >= 0.3 is 0 Å². The molecule has 0 spiro atoms. The third-order valence-corrected chi connectivity index (χ3v) is 17.4. The van der Waals surface area contributed by atoms with Gasteiger partial charge in [-0.05, 0) is 142 Å². The SMILES string of the molecule is Cc1ccc2c(c1)c1ccccc1n2-c1c(-c2ccncc2)c(-n2c3ccccc3c3cc(C)ccc32)c(-n2c3ccccc3c3cc(C)ccc32)c(-n2c3ccccc3c3cc(C)ccc32)c1-c1nc2ccccc2n1-c1ccccc1. The zero-order valence-electron chi connectivity index (χ0n) is 46.3. The highest BCUT2D eigenvalue weighted by molar-refractivity contribution is 6.19. The minimum atomic E-state index is 0.802. The number of aromatic nitrogens is 7. The van der Waals surface area contributed by atoms with Gasteiger partial charge in [-0.15, -0.1) is 0 Å². The number of nitrogens with zero attached hydrogens (tertiary/aromatic N) is 7. The molecular formula is C76H53N7. The standard InChI is InChI=1S/C76H53N7/c1-46-30-34-65-56(42-46)52-20-8-13-25-61(52)80(65)72-70(50-38-40-77-41-39-50)73(81-62-26-14-9-21-53(62)57-43-47(2)31-35-66(57)81)75(83-64-28-16-11-23-55(64)59-45-49(4)33-37-68(59)83)74(82-63-27-15-10-22-54(63)58-44-48(3)32-36-67(58)82)71(72)76-78-60-24-12-17-29-69(60)79(76)51-18-6-5-7-19-51/h5-45H,1-4H3. The van der Waals surface area contributed by atoms with Crippen LogP contribution in [-0.4, -0.2) is 32.8 Å². The number of benzene rings is 11. The van der Waals surface area contributed by atoms with Crippen LogP contribution in [0.5, 0.6) is 0 Å². The van der Waals surface area contributed by atoms with Crippen molar-refractivity contribution in [2.24, 2.45) is 0 Å². The van der Waals surface area contributed by atoms with Gasteiger partial charge in [0.1, 0.15) is 5.82 Å². The average molecular weight is 1060 g/mol. The highest BCUT2D eigenvalue weighted by Gasteiger charge is 2.37. The van der Waals surface area contributed by atoms with Crippen LogP contribution in [0, 0.1) is 27.7 Å². The molecule has 0 amide bonds. The molecule has 0 fully saturated rings. The maximum atomic E-state index is 6.05. The predicted octanol–water partition coefficient (Wildman–Crippen LogP) is 19.4. The van der Waals surface area contributed by atoms with Crippen LogP contribution in [0.25, 0.3) is 149 Å². The molecule has 0 unspecified atom stereocenters. The molecule has 0 saturated heterocycles. The van der Waals surface area contributed by atoms with Crippen LogP contribution in [0.4, 0.5) is 0 Å². The maximum Gasteiger partial charge on any atom is 0.150 e. The van der Waals surface area contributed by atoms with E-state index in [1.807, 2.05) is 12.4 Å². The van der Waals surface area contributed by atoms with Crippen molar-refractivity contribution in [3.63, 3.8) is 0 Å². The van der Waals surface area contributed by atoms with Crippen molar-refractivity contribution in [2.75, 3.05) is 0 Å². The van der Waals surface area contributed by atoms with Crippen LogP contribution in [0.3, 0.4) is 0 Å². The third-order valence-electron chi connectivity index (χ3n) is 17.4. The topological polar surface area (TPSA) is 50.4 Å². The van der Waals surface area contributed by atoms with E-state index in [0.717, 1.165) is 106 Å². The van der Waals surface area contributed by atoms with Crippen LogP contribution in [0.1, 0.15) is 22.3 Å². The van der Waals surface area contributed by atoms with Gasteiger partial charge in [-0.2, -0.15) is 0 Å². The van der Waals surface area contributed by atoms with E-state index in [0.29, 0.717) is 0 Å². The number of hydrogen-bond acceptors (Lipinski definition) is 2. The molecule has 0 aliphatic rings. The fourth-order valence-corrected chi connectivity index (χ4v) is 13.9. The Morgan fingerprint density at radius 1 is 0.265 bits per heavy atom. The second kappa shape index (κ2) is 17.9. The first-order valence-electron chi connectivity index (χ1n) is 28.6. The molecule has 0 bridgehead atoms. The van der Waals surface area contributed by atoms with Crippen LogP contribution in [0.15, 0.2) is 249 Å². The normalized spacial score (nSPS) is 12.1. The molecular weight excluding hydrogens is 1010 g/mol. The first-order chi connectivity index (χ1) is 40.9. The third kappa shape index (κ3) is 6.79. The van der Waals surface area contributed by atoms with Gasteiger partial charge in [0.15, 0.2) is 0 Å². The Morgan fingerprint density at radius 3 is 1.06 bits per heavy atom. The lowest BCUT2D eigenvalue weighted by molar-refractivity contribution is 1.02. The fourth-order valence-electron chi connectivity index (χ4n) is 13.9. The Morgan fingerprint density at radius 2 is 0.614 bits per heavy atom. The van der Waals surface area contributed by atoms with Crippen molar-refractivity contribution in [3.05, 3.63) is 271 Å². The molecule has 0 radical (unpaired) electrons. The number of imidazole rings is 1. The molecule has 11 aromatic carbocycles. The van der Waals surface area contributed by atoms with Crippen LogP contribution in [0.2, 0.25) is 0 Å². The Balaban J connectivity index is 1.28. The summed E-state index contributed by atoms with van der Waals surface area (Å²) >= 11 is 0. The summed E-state index contributed by atoms with van der Waals surface area (Å²) in [6.45, 7) is 8.82. The maximum absolute atomic E-state index is 6.05. The van der Waals surface area contributed by atoms with Gasteiger partial charge in [-0.1, -0.05) is 150 Å². The first-order valence-corrected chi connectivity index (χ1v) is 28.6. The van der Waals surface area contributed by atoms with Crippen LogP contribution < -0.4 is 0 Å². The Hall–Kier alpha value is -10.8. The minimum Gasteiger partial charge on any atom is -0.308 e. The lowest BCUT2D eigenvalue weighted by Crippen LogP contribution is -2.17. The second-order valence-electron chi connectivity index (χ2n) is 22.5. The van der Waals surface area contributed by atoms with E-state index in [4.69, 9.17) is 9.97 Å². The van der Waals surface area contributed by atoms with Gasteiger partial charge in [-0.3, -0.25) is 9.55 Å². The monoisotopic (exact) mass is 1060 g/mol. The minimum absolute atomic E-state index is 0.802. The fraction of sp³-hybridized carbons (Fsp3) is 0.0526. The molecule has 0 atom stereocenters. The molecule has 0 aliphatic heterocycles. The Kier molecular flexibility index (Phi) is 10.1. The molecule has 0 saturated carbocycles. The molecule has 83 heavy (non-hydrogen) atoms. The molecule has 392 valence electrons. The molecule has 6 aromatic heterocycles. The smallest absolute Gasteiger partial charge is 0.150 e. The zero-order chi connectivity index (χ0) is 55.2. The van der Waals surface area contributed by atoms with Crippen LogP contribution >= 0.6 is 0 Å². The summed E-state index contributed by atoms with van der Waals surface area (Å²) in [6.07, 6.45) is 3.91. The van der Waals surface area contributed by atoms with E-state index < -0.39 is 0 Å². The van der Waals surface area contributed by atoms with Crippen molar-refractivity contribution in [1.82, 2.24) is 32.8 Å². The van der Waals surface area contributed by atoms with Crippen molar-refractivity contribution in [2.45, 2.75) is 27.7 Å². The number of pyridine rings is 1. The van der Waals surface area contributed by atoms with Crippen molar-refractivity contribution < 1.29 is 0 Å². The van der Waals surface area contributed by atoms with E-state index in [1.54, 1.807) is 0 Å². The van der Waals surface area contributed by atoms with Crippen LogP contribution in [-0.2, 0) is 0 Å². The quantitative estimate of drug-likeness (QED) is 0.160. The Labute approximate surface area is 478 Å². The molecule has 0 aliphatic carbocycles. The number of hydrogen-bond donors (Lipinski definition) is 0.